The largest absolute Gasteiger partial charge is 0.506 e. The number of nitrogens with zero attached hydrogens (tertiary/aromatic N) is 1. The Kier molecular flexibility index (Phi) is 6.56. The number of aliphatic hydroxyl groups is 1. The Hall–Kier alpha value is -1.01. The van der Waals surface area contributed by atoms with Gasteiger partial charge in [0.1, 0.15) is 5.75 Å². The van der Waals surface area contributed by atoms with Gasteiger partial charge in [-0.05, 0) is 48.0 Å². The molecular formula is C16H27FNO5P. The lowest BCUT2D eigenvalue weighted by atomic mass is 10.1. The van der Waals surface area contributed by atoms with E-state index in [1.165, 1.54) is 6.20 Å². The van der Waals surface area contributed by atoms with Gasteiger partial charge in [0.2, 0.25) is 5.91 Å². The maximum Gasteiger partial charge on any atom is 0.370 e. The fourth-order valence-electron chi connectivity index (χ4n) is 2.13. The molecule has 138 valence electrons. The molecule has 0 saturated heterocycles. The number of alkyl halides is 1. The molecule has 1 rings (SSSR count). The molecule has 0 spiro atoms. The lowest BCUT2D eigenvalue weighted by Crippen LogP contribution is -2.25. The number of rotatable bonds is 6. The molecule has 0 fully saturated rings. The van der Waals surface area contributed by atoms with E-state index in [0.29, 0.717) is 0 Å². The van der Waals surface area contributed by atoms with E-state index in [2.05, 4.69) is 4.98 Å². The van der Waals surface area contributed by atoms with E-state index < -0.39 is 24.7 Å². The highest BCUT2D eigenvalue weighted by atomic mass is 31.2. The third-order valence-corrected chi connectivity index (χ3v) is 5.20. The van der Waals surface area contributed by atoms with Crippen LogP contribution in [0.25, 0.3) is 0 Å². The summed E-state index contributed by atoms with van der Waals surface area (Å²) in [5, 5.41) is 19.0. The molecule has 0 aromatic carbocycles. The maximum absolute atomic E-state index is 15.3. The first-order chi connectivity index (χ1) is 10.8. The molecular weight excluding hydrogens is 336 g/mol. The van der Waals surface area contributed by atoms with Gasteiger partial charge in [0.05, 0.1) is 17.4 Å². The summed E-state index contributed by atoms with van der Waals surface area (Å²) in [7, 11) is -4.25. The van der Waals surface area contributed by atoms with Crippen molar-refractivity contribution in [2.24, 2.45) is 0 Å². The zero-order valence-corrected chi connectivity index (χ0v) is 15.9. The van der Waals surface area contributed by atoms with Gasteiger partial charge in [-0.2, -0.15) is 0 Å². The standard InChI is InChI=1S/C16H27FNO5P/c1-15(2,3)22-24(21,23-16(4,5)6)14(17)12-9-18-10-13(20)11(12)7-8-19/h9-10,14,19-20H,7-8H2,1-6H3. The second-order valence-electron chi connectivity index (χ2n) is 7.48. The molecule has 1 unspecified atom stereocenters. The first-order valence-electron chi connectivity index (χ1n) is 7.71. The van der Waals surface area contributed by atoms with Gasteiger partial charge in [0.15, 0.2) is 0 Å². The van der Waals surface area contributed by atoms with E-state index >= 15 is 4.39 Å². The molecule has 0 saturated carbocycles. The summed E-state index contributed by atoms with van der Waals surface area (Å²) in [6.45, 7) is 9.58. The van der Waals surface area contributed by atoms with Gasteiger partial charge in [-0.1, -0.05) is 0 Å². The summed E-state index contributed by atoms with van der Waals surface area (Å²) >= 11 is 0. The molecule has 0 aliphatic rings. The third kappa shape index (κ3) is 5.81. The van der Waals surface area contributed by atoms with Crippen LogP contribution in [-0.4, -0.2) is 33.0 Å². The Morgan fingerprint density at radius 3 is 2.08 bits per heavy atom. The molecule has 0 amide bonds. The van der Waals surface area contributed by atoms with Crippen molar-refractivity contribution in [3.63, 3.8) is 0 Å². The molecule has 24 heavy (non-hydrogen) atoms. The Morgan fingerprint density at radius 2 is 1.67 bits per heavy atom. The highest BCUT2D eigenvalue weighted by Gasteiger charge is 2.45. The molecule has 1 heterocycles. The van der Waals surface area contributed by atoms with Gasteiger partial charge >= 0.3 is 7.60 Å². The van der Waals surface area contributed by atoms with Gasteiger partial charge in [-0.3, -0.25) is 9.55 Å². The molecule has 1 aromatic rings. The Balaban J connectivity index is 3.39. The predicted molar refractivity (Wildman–Crippen MR) is 89.8 cm³/mol. The second kappa shape index (κ2) is 7.48. The zero-order chi connectivity index (χ0) is 18.8. The molecule has 8 heteroatoms. The molecule has 0 radical (unpaired) electrons. The molecule has 1 aromatic heterocycles. The highest BCUT2D eigenvalue weighted by Crippen LogP contribution is 2.66. The minimum atomic E-state index is -4.25. The summed E-state index contributed by atoms with van der Waals surface area (Å²) in [4.78, 5) is 3.75. The monoisotopic (exact) mass is 363 g/mol. The van der Waals surface area contributed by atoms with Crippen molar-refractivity contribution < 1.29 is 28.2 Å². The molecule has 6 nitrogen and oxygen atoms in total. The number of hydrogen-bond acceptors (Lipinski definition) is 6. The van der Waals surface area contributed by atoms with Crippen LogP contribution in [0.2, 0.25) is 0 Å². The number of halogens is 1. The van der Waals surface area contributed by atoms with E-state index in [1.807, 2.05) is 0 Å². The lowest BCUT2D eigenvalue weighted by molar-refractivity contribution is 0.0371. The van der Waals surface area contributed by atoms with Gasteiger partial charge in [0.25, 0.3) is 0 Å². The van der Waals surface area contributed by atoms with Crippen LogP contribution in [0.1, 0.15) is 58.6 Å². The minimum absolute atomic E-state index is 0.00482. The molecule has 1 atom stereocenters. The van der Waals surface area contributed by atoms with E-state index in [9.17, 15) is 9.67 Å². The normalized spacial score (nSPS) is 14.7. The van der Waals surface area contributed by atoms with Gasteiger partial charge in [-0.25, -0.2) is 4.39 Å². The van der Waals surface area contributed by atoms with Gasteiger partial charge in [-0.15, -0.1) is 0 Å². The average molecular weight is 363 g/mol. The zero-order valence-electron chi connectivity index (χ0n) is 15.0. The van der Waals surface area contributed by atoms with Crippen molar-refractivity contribution in [2.45, 2.75) is 65.1 Å². The fraction of sp³-hybridized carbons (Fsp3) is 0.688. The predicted octanol–water partition coefficient (Wildman–Crippen LogP) is 4.11. The van der Waals surface area contributed by atoms with Crippen LogP contribution in [0.5, 0.6) is 5.75 Å². The molecule has 0 aliphatic carbocycles. The van der Waals surface area contributed by atoms with Crippen molar-refractivity contribution in [3.8, 4) is 5.75 Å². The van der Waals surface area contributed by atoms with Crippen molar-refractivity contribution in [3.05, 3.63) is 23.5 Å². The maximum atomic E-state index is 15.3. The van der Waals surface area contributed by atoms with E-state index in [4.69, 9.17) is 14.2 Å². The number of hydrogen-bond donors (Lipinski definition) is 2. The number of aromatic nitrogens is 1. The fourth-order valence-corrected chi connectivity index (χ4v) is 4.44. The quantitative estimate of drug-likeness (QED) is 0.739. The van der Waals surface area contributed by atoms with Crippen molar-refractivity contribution in [1.82, 2.24) is 4.98 Å². The summed E-state index contributed by atoms with van der Waals surface area (Å²) in [6.07, 6.45) is 2.30. The van der Waals surface area contributed by atoms with Crippen LogP contribution in [0.15, 0.2) is 12.4 Å². The Bertz CT molecular complexity index is 589. The second-order valence-corrected chi connectivity index (χ2v) is 9.38. The van der Waals surface area contributed by atoms with Crippen molar-refractivity contribution >= 4 is 7.60 Å². The Morgan fingerprint density at radius 1 is 1.17 bits per heavy atom. The topological polar surface area (TPSA) is 88.9 Å². The highest BCUT2D eigenvalue weighted by molar-refractivity contribution is 7.54. The summed E-state index contributed by atoms with van der Waals surface area (Å²) in [6, 6.07) is 0. The minimum Gasteiger partial charge on any atom is -0.506 e. The average Bonchev–Trinajstić information content (AvgIpc) is 2.36. The van der Waals surface area contributed by atoms with E-state index in [0.717, 1.165) is 6.20 Å². The lowest BCUT2D eigenvalue weighted by Gasteiger charge is -2.34. The summed E-state index contributed by atoms with van der Waals surface area (Å²) in [5.74, 6) is -2.42. The Labute approximate surface area is 142 Å². The first kappa shape index (κ1) is 21.0. The smallest absolute Gasteiger partial charge is 0.370 e. The van der Waals surface area contributed by atoms with Crippen LogP contribution >= 0.6 is 7.60 Å². The van der Waals surface area contributed by atoms with Crippen LogP contribution in [0.4, 0.5) is 4.39 Å². The molecule has 0 bridgehead atoms. The summed E-state index contributed by atoms with van der Waals surface area (Å²) in [5.41, 5.74) is -1.80. The van der Waals surface area contributed by atoms with Crippen molar-refractivity contribution in [2.75, 3.05) is 6.61 Å². The number of aliphatic hydroxyl groups excluding tert-OH is 1. The summed E-state index contributed by atoms with van der Waals surface area (Å²) < 4.78 is 39.4. The van der Waals surface area contributed by atoms with Crippen LogP contribution in [0.3, 0.4) is 0 Å². The third-order valence-electron chi connectivity index (χ3n) is 2.77. The van der Waals surface area contributed by atoms with Crippen LogP contribution < -0.4 is 0 Å². The van der Waals surface area contributed by atoms with Crippen molar-refractivity contribution in [1.29, 1.82) is 0 Å². The number of pyridine rings is 1. The van der Waals surface area contributed by atoms with E-state index in [1.54, 1.807) is 41.5 Å². The van der Waals surface area contributed by atoms with Crippen LogP contribution in [0, 0.1) is 0 Å². The van der Waals surface area contributed by atoms with Gasteiger partial charge in [0, 0.05) is 23.9 Å². The molecule has 0 aliphatic heterocycles. The number of aromatic hydroxyl groups is 1. The molecule has 2 N–H and O–H groups in total. The van der Waals surface area contributed by atoms with E-state index in [-0.39, 0.29) is 29.9 Å². The first-order valence-corrected chi connectivity index (χ1v) is 9.32. The SMILES string of the molecule is CC(C)(C)OP(=O)(OC(C)(C)C)C(F)c1cncc(O)c1CCO. The van der Waals surface area contributed by atoms with Crippen LogP contribution in [-0.2, 0) is 20.0 Å². The van der Waals surface area contributed by atoms with Gasteiger partial charge < -0.3 is 19.3 Å².